The van der Waals surface area contributed by atoms with Gasteiger partial charge in [-0.05, 0) is 51.4 Å². The number of carbonyl (C=O) groups excluding carboxylic acids is 2. The molecule has 0 aromatic heterocycles. The molecular weight excluding hydrogens is 613 g/mol. The zero-order valence-electron chi connectivity index (χ0n) is 28.1. The van der Waals surface area contributed by atoms with Crippen molar-refractivity contribution in [2.24, 2.45) is 0 Å². The fourth-order valence-corrected chi connectivity index (χ4v) is 5.02. The van der Waals surface area contributed by atoms with Gasteiger partial charge in [0.25, 0.3) is 0 Å². The second kappa shape index (κ2) is 30.1. The number of carboxylic acid groups (broad SMARTS) is 1. The summed E-state index contributed by atoms with van der Waals surface area (Å²) >= 11 is 0. The van der Waals surface area contributed by atoms with Crippen molar-refractivity contribution >= 4 is 25.7 Å². The Kier molecular flexibility index (Phi) is 28.6. The molecule has 0 bridgehead atoms. The zero-order chi connectivity index (χ0) is 34.3. The van der Waals surface area contributed by atoms with Crippen LogP contribution in [-0.4, -0.2) is 64.9 Å². The Morgan fingerprint density at radius 1 is 0.696 bits per heavy atom. The van der Waals surface area contributed by atoms with Gasteiger partial charge in [0.05, 0.1) is 13.2 Å². The smallest absolute Gasteiger partial charge is 0.472 e. The number of esters is 1. The van der Waals surface area contributed by atoms with Gasteiger partial charge in [0, 0.05) is 12.8 Å². The number of ether oxygens (including phenoxy) is 1. The lowest BCUT2D eigenvalue weighted by atomic mass is 10.1. The van der Waals surface area contributed by atoms with Gasteiger partial charge >= 0.3 is 19.8 Å². The summed E-state index contributed by atoms with van der Waals surface area (Å²) in [5.74, 6) is -2.46. The largest absolute Gasteiger partial charge is 0.480 e. The highest BCUT2D eigenvalue weighted by Gasteiger charge is 2.28. The summed E-state index contributed by atoms with van der Waals surface area (Å²) in [7, 11) is -4.72. The van der Waals surface area contributed by atoms with Gasteiger partial charge in [-0.15, -0.1) is 0 Å². The first kappa shape index (κ1) is 43.7. The number of allylic oxidation sites excluding steroid dienone is 6. The average molecular weight is 674 g/mol. The van der Waals surface area contributed by atoms with Gasteiger partial charge in [-0.2, -0.15) is 0 Å². The molecule has 11 nitrogen and oxygen atoms in total. The Bertz CT molecular complexity index is 937. The van der Waals surface area contributed by atoms with Crippen LogP contribution in [-0.2, 0) is 32.7 Å². The monoisotopic (exact) mass is 673 g/mol. The number of aliphatic hydroxyl groups is 1. The second-order valence-electron chi connectivity index (χ2n) is 11.4. The molecule has 0 spiro atoms. The lowest BCUT2D eigenvalue weighted by Gasteiger charge is -2.18. The number of nitrogens with one attached hydrogen (secondary N) is 1. The number of aliphatic carboxylic acids is 1. The van der Waals surface area contributed by atoms with E-state index in [-0.39, 0.29) is 12.8 Å². The van der Waals surface area contributed by atoms with Crippen molar-refractivity contribution in [3.8, 4) is 0 Å². The van der Waals surface area contributed by atoms with Crippen LogP contribution in [0.1, 0.15) is 129 Å². The van der Waals surface area contributed by atoms with E-state index in [0.29, 0.717) is 12.8 Å². The van der Waals surface area contributed by atoms with Gasteiger partial charge in [0.1, 0.15) is 12.7 Å². The van der Waals surface area contributed by atoms with Gasteiger partial charge in [-0.25, -0.2) is 9.36 Å². The number of phosphoric acid groups is 1. The van der Waals surface area contributed by atoms with Gasteiger partial charge in [-0.3, -0.25) is 18.6 Å². The minimum absolute atomic E-state index is 0.0947. The van der Waals surface area contributed by atoms with Crippen molar-refractivity contribution < 1.29 is 47.8 Å². The van der Waals surface area contributed by atoms with Crippen molar-refractivity contribution in [3.63, 3.8) is 0 Å². The maximum absolute atomic E-state index is 12.0. The quantitative estimate of drug-likeness (QED) is 0.0253. The van der Waals surface area contributed by atoms with Crippen LogP contribution < -0.4 is 5.32 Å². The molecule has 1 amide bonds. The predicted octanol–water partition coefficient (Wildman–Crippen LogP) is 7.32. The first-order chi connectivity index (χ1) is 22.1. The summed E-state index contributed by atoms with van der Waals surface area (Å²) in [5, 5.41) is 21.2. The van der Waals surface area contributed by atoms with E-state index >= 15 is 0 Å². The number of phosphoric ester groups is 1. The standard InChI is InChI=1S/C34H60NO10P/c1-3-5-6-7-8-9-10-11-12-13-14-15-16-17-18-19-20-21-22-23-24-26-33(38)43-27-30(36)28-44-46(41,42)45-29-31(34(39)40)35-32(37)25-4-2/h8-9,11-12,14-15,30-31,36H,3-7,10,13,16-29H2,1-2H3,(H,35,37)(H,39,40)(H,41,42)/b9-8-,12-11-,15-14-. The van der Waals surface area contributed by atoms with Crippen LogP contribution in [0.4, 0.5) is 0 Å². The summed E-state index contributed by atoms with van der Waals surface area (Å²) in [4.78, 5) is 44.5. The summed E-state index contributed by atoms with van der Waals surface area (Å²) < 4.78 is 26.3. The first-order valence-corrected chi connectivity index (χ1v) is 18.5. The van der Waals surface area contributed by atoms with E-state index in [1.807, 2.05) is 0 Å². The van der Waals surface area contributed by atoms with Crippen LogP contribution in [0.5, 0.6) is 0 Å². The molecule has 0 aliphatic heterocycles. The molecule has 4 N–H and O–H groups in total. The molecule has 3 atom stereocenters. The molecule has 12 heteroatoms. The highest BCUT2D eigenvalue weighted by molar-refractivity contribution is 7.47. The third-order valence-corrected chi connectivity index (χ3v) is 7.85. The van der Waals surface area contributed by atoms with Gasteiger partial charge in [-0.1, -0.05) is 102 Å². The van der Waals surface area contributed by atoms with Crippen LogP contribution in [0.2, 0.25) is 0 Å². The van der Waals surface area contributed by atoms with Crippen LogP contribution >= 0.6 is 7.82 Å². The molecule has 0 saturated carbocycles. The number of carboxylic acids is 1. The summed E-state index contributed by atoms with van der Waals surface area (Å²) in [6.45, 7) is 2.06. The van der Waals surface area contributed by atoms with Crippen molar-refractivity contribution in [2.45, 2.75) is 142 Å². The Labute approximate surface area is 276 Å². The van der Waals surface area contributed by atoms with E-state index in [2.05, 4.69) is 57.7 Å². The summed E-state index contributed by atoms with van der Waals surface area (Å²) in [5.41, 5.74) is 0. The summed E-state index contributed by atoms with van der Waals surface area (Å²) in [6, 6.07) is -1.54. The lowest BCUT2D eigenvalue weighted by molar-refractivity contribution is -0.147. The SMILES string of the molecule is CCCCC/C=C\C/C=C\C/C=C\CCCCCCCCCCC(=O)OCC(O)COP(=O)(O)OCC(NC(=O)CCC)C(=O)O. The van der Waals surface area contributed by atoms with Crippen LogP contribution in [0.15, 0.2) is 36.5 Å². The van der Waals surface area contributed by atoms with Crippen molar-refractivity contribution in [1.29, 1.82) is 0 Å². The molecule has 0 radical (unpaired) electrons. The number of hydrogen-bond donors (Lipinski definition) is 4. The van der Waals surface area contributed by atoms with Gasteiger partial charge < -0.3 is 25.2 Å². The van der Waals surface area contributed by atoms with Crippen molar-refractivity contribution in [1.82, 2.24) is 5.32 Å². The number of hydrogen-bond acceptors (Lipinski definition) is 8. The average Bonchev–Trinajstić information content (AvgIpc) is 3.01. The third-order valence-electron chi connectivity index (χ3n) is 6.90. The molecule has 0 heterocycles. The lowest BCUT2D eigenvalue weighted by Crippen LogP contribution is -2.43. The third kappa shape index (κ3) is 29.1. The molecule has 46 heavy (non-hydrogen) atoms. The Morgan fingerprint density at radius 3 is 1.78 bits per heavy atom. The van der Waals surface area contributed by atoms with Crippen LogP contribution in [0.3, 0.4) is 0 Å². The number of carbonyl (C=O) groups is 3. The molecular formula is C34H60NO10P. The Morgan fingerprint density at radius 2 is 1.22 bits per heavy atom. The minimum atomic E-state index is -4.72. The van der Waals surface area contributed by atoms with E-state index in [4.69, 9.17) is 9.84 Å². The van der Waals surface area contributed by atoms with E-state index in [1.54, 1.807) is 6.92 Å². The first-order valence-electron chi connectivity index (χ1n) is 17.0. The zero-order valence-corrected chi connectivity index (χ0v) is 29.0. The number of unbranched alkanes of at least 4 members (excludes halogenated alkanes) is 11. The van der Waals surface area contributed by atoms with Crippen molar-refractivity contribution in [2.75, 3.05) is 19.8 Å². The topological polar surface area (TPSA) is 169 Å². The molecule has 0 aromatic carbocycles. The van der Waals surface area contributed by atoms with Gasteiger partial charge in [0.15, 0.2) is 6.04 Å². The highest BCUT2D eigenvalue weighted by atomic mass is 31.2. The van der Waals surface area contributed by atoms with Crippen molar-refractivity contribution in [3.05, 3.63) is 36.5 Å². The molecule has 0 saturated heterocycles. The van der Waals surface area contributed by atoms with E-state index in [9.17, 15) is 28.9 Å². The molecule has 0 fully saturated rings. The fraction of sp³-hybridized carbons (Fsp3) is 0.735. The van der Waals surface area contributed by atoms with Crippen LogP contribution in [0, 0.1) is 0 Å². The molecule has 266 valence electrons. The van der Waals surface area contributed by atoms with E-state index in [0.717, 1.165) is 38.5 Å². The maximum Gasteiger partial charge on any atom is 0.472 e. The number of aliphatic hydroxyl groups excluding tert-OH is 1. The molecule has 0 aromatic rings. The van der Waals surface area contributed by atoms with Gasteiger partial charge in [0.2, 0.25) is 5.91 Å². The Balaban J connectivity index is 3.76. The van der Waals surface area contributed by atoms with E-state index in [1.165, 1.54) is 51.4 Å². The molecule has 0 aliphatic carbocycles. The molecule has 3 unspecified atom stereocenters. The fourth-order valence-electron chi connectivity index (χ4n) is 4.25. The predicted molar refractivity (Wildman–Crippen MR) is 180 cm³/mol. The van der Waals surface area contributed by atoms with Crippen LogP contribution in [0.25, 0.3) is 0 Å². The molecule has 0 rings (SSSR count). The maximum atomic E-state index is 12.0. The highest BCUT2D eigenvalue weighted by Crippen LogP contribution is 2.43. The number of amides is 1. The Hall–Kier alpha value is -2.30. The summed E-state index contributed by atoms with van der Waals surface area (Å²) in [6.07, 6.45) is 29.7. The normalized spacial score (nSPS) is 14.5. The number of rotatable bonds is 31. The second-order valence-corrected chi connectivity index (χ2v) is 12.8. The van der Waals surface area contributed by atoms with E-state index < -0.39 is 57.6 Å². The minimum Gasteiger partial charge on any atom is -0.480 e. The molecule has 0 aliphatic rings.